The van der Waals surface area contributed by atoms with E-state index in [0.717, 1.165) is 6.20 Å². The molecule has 8 nitrogen and oxygen atoms in total. The lowest BCUT2D eigenvalue weighted by Gasteiger charge is -2.36. The summed E-state index contributed by atoms with van der Waals surface area (Å²) in [6.07, 6.45) is 3.55. The number of nitrogens with zero attached hydrogens (tertiary/aromatic N) is 4. The topological polar surface area (TPSA) is 93.4 Å². The highest BCUT2D eigenvalue weighted by molar-refractivity contribution is 6.00. The Labute approximate surface area is 157 Å². The normalized spacial score (nSPS) is 23.8. The number of carbonyl (C=O) groups is 1. The van der Waals surface area contributed by atoms with Gasteiger partial charge in [0.25, 0.3) is 5.91 Å². The van der Waals surface area contributed by atoms with Gasteiger partial charge in [-0.25, -0.2) is 18.9 Å². The first-order valence-corrected chi connectivity index (χ1v) is 8.92. The highest BCUT2D eigenvalue weighted by Gasteiger charge is 2.35. The van der Waals surface area contributed by atoms with Gasteiger partial charge in [0.1, 0.15) is 23.3 Å². The van der Waals surface area contributed by atoms with Crippen molar-refractivity contribution in [2.24, 2.45) is 0 Å². The number of pyridine rings is 1. The zero-order valence-electron chi connectivity index (χ0n) is 14.8. The molecule has 144 valence electrons. The molecule has 1 amide bonds. The van der Waals surface area contributed by atoms with E-state index < -0.39 is 23.7 Å². The fourth-order valence-electron chi connectivity index (χ4n) is 3.52. The second kappa shape index (κ2) is 6.11. The number of halogens is 2. The van der Waals surface area contributed by atoms with Crippen LogP contribution in [0.1, 0.15) is 41.7 Å². The highest BCUT2D eigenvalue weighted by Crippen LogP contribution is 2.32. The fourth-order valence-corrected chi connectivity index (χ4v) is 3.52. The molecule has 3 aromatic heterocycles. The molecule has 6 rings (SSSR count). The van der Waals surface area contributed by atoms with Gasteiger partial charge in [-0.1, -0.05) is 0 Å². The first-order valence-electron chi connectivity index (χ1n) is 8.92. The van der Waals surface area contributed by atoms with Gasteiger partial charge in [0.2, 0.25) is 11.8 Å². The van der Waals surface area contributed by atoms with Crippen LogP contribution in [0.3, 0.4) is 0 Å². The minimum Gasteiger partial charge on any atom is -0.474 e. The van der Waals surface area contributed by atoms with Crippen molar-refractivity contribution in [2.45, 2.75) is 38.0 Å². The smallest absolute Gasteiger partial charge is 0.260 e. The molecule has 1 saturated carbocycles. The van der Waals surface area contributed by atoms with Gasteiger partial charge >= 0.3 is 0 Å². The first-order chi connectivity index (χ1) is 13.5. The Balaban J connectivity index is 1.62. The van der Waals surface area contributed by atoms with Gasteiger partial charge in [-0.15, -0.1) is 5.10 Å². The summed E-state index contributed by atoms with van der Waals surface area (Å²) in [6, 6.07) is 2.41. The van der Waals surface area contributed by atoms with Crippen molar-refractivity contribution in [1.29, 1.82) is 0 Å². The second-order valence-electron chi connectivity index (χ2n) is 7.04. The molecule has 0 radical (unpaired) electrons. The number of fused-ring (bicyclic) bond motifs is 2. The monoisotopic (exact) mass is 386 g/mol. The highest BCUT2D eigenvalue weighted by atomic mass is 19.1. The third-order valence-electron chi connectivity index (χ3n) is 5.05. The summed E-state index contributed by atoms with van der Waals surface area (Å²) < 4.78 is 35.2. The van der Waals surface area contributed by atoms with Gasteiger partial charge in [-0.3, -0.25) is 4.79 Å². The number of nitrogens with one attached hydrogen (secondary N) is 2. The summed E-state index contributed by atoms with van der Waals surface area (Å²) in [5.74, 6) is -1.20. The number of hydrogen-bond acceptors (Lipinski definition) is 6. The molecular weight excluding hydrogens is 370 g/mol. The van der Waals surface area contributed by atoms with E-state index in [-0.39, 0.29) is 23.4 Å². The van der Waals surface area contributed by atoms with Crippen LogP contribution in [0.4, 0.5) is 14.6 Å². The lowest BCUT2D eigenvalue weighted by atomic mass is 9.89. The summed E-state index contributed by atoms with van der Waals surface area (Å²) in [7, 11) is 0. The molecule has 0 spiro atoms. The molecule has 2 aliphatic heterocycles. The fraction of sp³-hybridized carbons (Fsp3) is 0.333. The molecule has 1 atom stereocenters. The van der Waals surface area contributed by atoms with E-state index in [4.69, 9.17) is 4.74 Å². The van der Waals surface area contributed by atoms with Crippen LogP contribution in [0.15, 0.2) is 24.5 Å². The standard InChI is InChI=1S/C18H16F2N6O2/c1-8-12-4-9(19)7-21-18(12)28-11-5-10(6-11)23-17(27)14-15(20)25-26-3-2-13(22-8)24-16(14)26/h2-4,7-8,10-11H,5-6H2,1H3,(H,22,24)(H,23,27)/t8-,10?,11?/m1/s1. The summed E-state index contributed by atoms with van der Waals surface area (Å²) in [4.78, 5) is 21.0. The van der Waals surface area contributed by atoms with Crippen molar-refractivity contribution in [2.75, 3.05) is 5.32 Å². The van der Waals surface area contributed by atoms with Gasteiger partial charge in [0.15, 0.2) is 5.65 Å². The average Bonchev–Trinajstić information content (AvgIpc) is 2.95. The van der Waals surface area contributed by atoms with Crippen LogP contribution in [0.25, 0.3) is 5.65 Å². The Kier molecular flexibility index (Phi) is 3.68. The van der Waals surface area contributed by atoms with E-state index in [1.54, 1.807) is 6.07 Å². The van der Waals surface area contributed by atoms with Crippen LogP contribution in [0, 0.1) is 11.8 Å². The average molecular weight is 386 g/mol. The number of aromatic nitrogens is 4. The number of ether oxygens (including phenoxy) is 1. The molecular formula is C18H16F2N6O2. The van der Waals surface area contributed by atoms with Crippen LogP contribution >= 0.6 is 0 Å². The maximum absolute atomic E-state index is 14.3. The number of rotatable bonds is 0. The van der Waals surface area contributed by atoms with E-state index in [9.17, 15) is 13.6 Å². The summed E-state index contributed by atoms with van der Waals surface area (Å²) >= 11 is 0. The van der Waals surface area contributed by atoms with Crippen LogP contribution in [0.5, 0.6) is 5.88 Å². The van der Waals surface area contributed by atoms with Gasteiger partial charge in [0, 0.05) is 30.6 Å². The Morgan fingerprint density at radius 3 is 2.93 bits per heavy atom. The molecule has 2 N–H and O–H groups in total. The number of hydrogen-bond donors (Lipinski definition) is 2. The van der Waals surface area contributed by atoms with Crippen LogP contribution in [0.2, 0.25) is 0 Å². The Bertz CT molecular complexity index is 1100. The van der Waals surface area contributed by atoms with Crippen molar-refractivity contribution >= 4 is 17.4 Å². The third kappa shape index (κ3) is 2.72. The van der Waals surface area contributed by atoms with Crippen molar-refractivity contribution < 1.29 is 18.3 Å². The predicted octanol–water partition coefficient (Wildman–Crippen LogP) is 2.23. The van der Waals surface area contributed by atoms with Crippen LogP contribution < -0.4 is 15.4 Å². The minimum atomic E-state index is -0.883. The van der Waals surface area contributed by atoms with E-state index in [1.807, 2.05) is 6.92 Å². The number of carbonyl (C=O) groups excluding carboxylic acids is 1. The minimum absolute atomic E-state index is 0.106. The lowest BCUT2D eigenvalue weighted by Crippen LogP contribution is -2.49. The molecule has 5 heterocycles. The summed E-state index contributed by atoms with van der Waals surface area (Å²) in [5, 5.41) is 9.62. The molecule has 1 aliphatic carbocycles. The van der Waals surface area contributed by atoms with Gasteiger partial charge in [-0.2, -0.15) is 4.39 Å². The predicted molar refractivity (Wildman–Crippen MR) is 94.1 cm³/mol. The second-order valence-corrected chi connectivity index (χ2v) is 7.04. The van der Waals surface area contributed by atoms with Crippen molar-refractivity contribution in [1.82, 2.24) is 24.9 Å². The first kappa shape index (κ1) is 16.8. The zero-order valence-corrected chi connectivity index (χ0v) is 14.8. The molecule has 3 aliphatic rings. The molecule has 1 fully saturated rings. The Morgan fingerprint density at radius 2 is 2.11 bits per heavy atom. The largest absolute Gasteiger partial charge is 0.474 e. The van der Waals surface area contributed by atoms with Crippen LogP contribution in [-0.4, -0.2) is 37.6 Å². The van der Waals surface area contributed by atoms with Gasteiger partial charge < -0.3 is 15.4 Å². The molecule has 28 heavy (non-hydrogen) atoms. The zero-order chi connectivity index (χ0) is 19.4. The van der Waals surface area contributed by atoms with Crippen molar-refractivity contribution in [3.05, 3.63) is 47.4 Å². The SMILES string of the molecule is C[C@H]1Nc2ccn3nc(F)c(c3n2)C(=O)NC2CC(C2)Oc2ncc(F)cc21. The van der Waals surface area contributed by atoms with E-state index in [2.05, 4.69) is 25.7 Å². The van der Waals surface area contributed by atoms with Crippen molar-refractivity contribution in [3.63, 3.8) is 0 Å². The Morgan fingerprint density at radius 1 is 1.29 bits per heavy atom. The number of amides is 1. The summed E-state index contributed by atoms with van der Waals surface area (Å²) in [5.41, 5.74) is 0.450. The maximum atomic E-state index is 14.3. The third-order valence-corrected chi connectivity index (χ3v) is 5.05. The van der Waals surface area contributed by atoms with Gasteiger partial charge in [-0.05, 0) is 19.1 Å². The van der Waals surface area contributed by atoms with Gasteiger partial charge in [0.05, 0.1) is 12.2 Å². The Hall–Kier alpha value is -3.30. The molecule has 0 aromatic carbocycles. The molecule has 3 aromatic rings. The molecule has 0 saturated heterocycles. The molecule has 4 bridgehead atoms. The van der Waals surface area contributed by atoms with E-state index in [1.165, 1.54) is 16.8 Å². The quantitative estimate of drug-likeness (QED) is 0.616. The van der Waals surface area contributed by atoms with Crippen LogP contribution in [-0.2, 0) is 0 Å². The molecule has 0 unspecified atom stereocenters. The van der Waals surface area contributed by atoms with E-state index in [0.29, 0.717) is 30.1 Å². The maximum Gasteiger partial charge on any atom is 0.260 e. The lowest BCUT2D eigenvalue weighted by molar-refractivity contribution is 0.0669. The molecule has 10 heteroatoms. The summed E-state index contributed by atoms with van der Waals surface area (Å²) in [6.45, 7) is 1.81. The number of anilines is 1. The van der Waals surface area contributed by atoms with Crippen molar-refractivity contribution in [3.8, 4) is 5.88 Å². The van der Waals surface area contributed by atoms with E-state index >= 15 is 0 Å².